The molecule has 0 aliphatic carbocycles. The predicted molar refractivity (Wildman–Crippen MR) is 139 cm³/mol. The summed E-state index contributed by atoms with van der Waals surface area (Å²) in [6.07, 6.45) is 5.21. The quantitative estimate of drug-likeness (QED) is 0.311. The first-order valence-electron chi connectivity index (χ1n) is 12.4. The van der Waals surface area contributed by atoms with Gasteiger partial charge in [0.2, 0.25) is 12.7 Å². The fourth-order valence-corrected chi connectivity index (χ4v) is 4.98. The molecule has 5 heteroatoms. The third-order valence-corrected chi connectivity index (χ3v) is 6.89. The van der Waals surface area contributed by atoms with Crippen molar-refractivity contribution in [3.05, 3.63) is 95.2 Å². The van der Waals surface area contributed by atoms with E-state index in [0.29, 0.717) is 6.42 Å². The number of hydrogen-bond donors (Lipinski definition) is 2. The van der Waals surface area contributed by atoms with Crippen LogP contribution < -0.4 is 14.8 Å². The SMILES string of the molecule is CCc1cccc2c(C(CC(=O)NC(C)CCc3ccccc3)c3ccc4c(c3)OCO4)c[nH]c12. The number of para-hydroxylation sites is 1. The molecule has 2 N–H and O–H groups in total. The zero-order chi connectivity index (χ0) is 24.2. The Labute approximate surface area is 206 Å². The molecule has 4 aromatic rings. The number of hydrogen-bond acceptors (Lipinski definition) is 3. The molecule has 1 amide bonds. The topological polar surface area (TPSA) is 63.4 Å². The molecule has 2 unspecified atom stereocenters. The zero-order valence-electron chi connectivity index (χ0n) is 20.3. The molecule has 0 saturated carbocycles. The Kier molecular flexibility index (Phi) is 6.75. The lowest BCUT2D eigenvalue weighted by atomic mass is 9.87. The number of aromatic amines is 1. The first-order chi connectivity index (χ1) is 17.1. The van der Waals surface area contributed by atoms with Gasteiger partial charge in [-0.3, -0.25) is 4.79 Å². The Balaban J connectivity index is 1.38. The van der Waals surface area contributed by atoms with Crippen LogP contribution in [0.2, 0.25) is 0 Å². The summed E-state index contributed by atoms with van der Waals surface area (Å²) >= 11 is 0. The van der Waals surface area contributed by atoms with E-state index >= 15 is 0 Å². The minimum absolute atomic E-state index is 0.0502. The summed E-state index contributed by atoms with van der Waals surface area (Å²) in [6.45, 7) is 4.47. The van der Waals surface area contributed by atoms with E-state index in [1.807, 2.05) is 24.3 Å². The fraction of sp³-hybridized carbons (Fsp3) is 0.300. The molecule has 1 aliphatic heterocycles. The summed E-state index contributed by atoms with van der Waals surface area (Å²) in [5, 5.41) is 4.39. The van der Waals surface area contributed by atoms with Crippen LogP contribution in [-0.2, 0) is 17.6 Å². The second-order valence-corrected chi connectivity index (χ2v) is 9.30. The van der Waals surface area contributed by atoms with Gasteiger partial charge in [0.1, 0.15) is 0 Å². The predicted octanol–water partition coefficient (Wildman–Crippen LogP) is 6.12. The van der Waals surface area contributed by atoms with Crippen LogP contribution >= 0.6 is 0 Å². The van der Waals surface area contributed by atoms with Crippen molar-refractivity contribution in [2.45, 2.75) is 51.5 Å². The Morgan fingerprint density at radius 2 is 1.86 bits per heavy atom. The Bertz CT molecular complexity index is 1310. The summed E-state index contributed by atoms with van der Waals surface area (Å²) in [4.78, 5) is 16.7. The molecule has 0 saturated heterocycles. The molecule has 3 aromatic carbocycles. The largest absolute Gasteiger partial charge is 0.454 e. The highest BCUT2D eigenvalue weighted by atomic mass is 16.7. The number of carbonyl (C=O) groups excluding carboxylic acids is 1. The van der Waals surface area contributed by atoms with E-state index in [-0.39, 0.29) is 24.7 Å². The van der Waals surface area contributed by atoms with Crippen molar-refractivity contribution in [3.63, 3.8) is 0 Å². The zero-order valence-corrected chi connectivity index (χ0v) is 20.3. The third-order valence-electron chi connectivity index (χ3n) is 6.89. The number of H-pyrrole nitrogens is 1. The maximum Gasteiger partial charge on any atom is 0.231 e. The number of aromatic nitrogens is 1. The highest BCUT2D eigenvalue weighted by Crippen LogP contribution is 2.40. The van der Waals surface area contributed by atoms with E-state index in [9.17, 15) is 4.79 Å². The second kappa shape index (κ2) is 10.3. The van der Waals surface area contributed by atoms with Gasteiger partial charge in [-0.1, -0.05) is 61.5 Å². The van der Waals surface area contributed by atoms with Gasteiger partial charge in [-0.25, -0.2) is 0 Å². The normalized spacial score (nSPS) is 14.1. The standard InChI is InChI=1S/C30H32N2O3/c1-3-22-10-7-11-24-26(18-31-30(22)24)25(23-14-15-27-28(16-23)35-19-34-27)17-29(33)32-20(2)12-13-21-8-5-4-6-9-21/h4-11,14-16,18,20,25,31H,3,12-13,17,19H2,1-2H3,(H,32,33). The van der Waals surface area contributed by atoms with Gasteiger partial charge in [0, 0.05) is 35.5 Å². The number of carbonyl (C=O) groups is 1. The average Bonchev–Trinajstić information content (AvgIpc) is 3.53. The molecule has 1 aromatic heterocycles. The van der Waals surface area contributed by atoms with Gasteiger partial charge in [-0.05, 0) is 60.6 Å². The van der Waals surface area contributed by atoms with Crippen LogP contribution in [-0.4, -0.2) is 23.7 Å². The van der Waals surface area contributed by atoms with Crippen molar-refractivity contribution in [1.82, 2.24) is 10.3 Å². The number of fused-ring (bicyclic) bond motifs is 2. The van der Waals surface area contributed by atoms with E-state index in [4.69, 9.17) is 9.47 Å². The van der Waals surface area contributed by atoms with E-state index < -0.39 is 0 Å². The van der Waals surface area contributed by atoms with Crippen molar-refractivity contribution in [2.24, 2.45) is 0 Å². The summed E-state index contributed by atoms with van der Waals surface area (Å²) in [6, 6.07) is 22.9. The molecule has 1 aliphatic rings. The first-order valence-corrected chi connectivity index (χ1v) is 12.4. The molecule has 0 fully saturated rings. The Morgan fingerprint density at radius 1 is 1.03 bits per heavy atom. The van der Waals surface area contributed by atoms with Gasteiger partial charge >= 0.3 is 0 Å². The molecule has 2 atom stereocenters. The lowest BCUT2D eigenvalue weighted by Gasteiger charge is -2.20. The lowest BCUT2D eigenvalue weighted by molar-refractivity contribution is -0.121. The highest BCUT2D eigenvalue weighted by molar-refractivity contribution is 5.88. The molecule has 0 radical (unpaired) electrons. The van der Waals surface area contributed by atoms with Crippen LogP contribution in [0, 0.1) is 0 Å². The highest BCUT2D eigenvalue weighted by Gasteiger charge is 2.25. The van der Waals surface area contributed by atoms with Gasteiger partial charge in [0.05, 0.1) is 0 Å². The molecule has 180 valence electrons. The molecule has 5 rings (SSSR count). The molecule has 0 spiro atoms. The molecule has 0 bridgehead atoms. The monoisotopic (exact) mass is 468 g/mol. The van der Waals surface area contributed by atoms with Gasteiger partial charge < -0.3 is 19.8 Å². The molecule has 5 nitrogen and oxygen atoms in total. The smallest absolute Gasteiger partial charge is 0.231 e. The van der Waals surface area contributed by atoms with Crippen LogP contribution in [0.3, 0.4) is 0 Å². The number of rotatable bonds is 9. The summed E-state index contributed by atoms with van der Waals surface area (Å²) < 4.78 is 11.2. The molecule has 2 heterocycles. The lowest BCUT2D eigenvalue weighted by Crippen LogP contribution is -2.33. The average molecular weight is 469 g/mol. The summed E-state index contributed by atoms with van der Waals surface area (Å²) in [5.41, 5.74) is 5.88. The number of benzene rings is 3. The third kappa shape index (κ3) is 5.04. The Morgan fingerprint density at radius 3 is 2.69 bits per heavy atom. The minimum Gasteiger partial charge on any atom is -0.454 e. The number of nitrogens with one attached hydrogen (secondary N) is 2. The minimum atomic E-state index is -0.105. The van der Waals surface area contributed by atoms with Crippen molar-refractivity contribution in [3.8, 4) is 11.5 Å². The number of amides is 1. The number of ether oxygens (including phenoxy) is 2. The van der Waals surface area contributed by atoms with Crippen LogP contribution in [0.5, 0.6) is 11.5 Å². The summed E-state index contributed by atoms with van der Waals surface area (Å²) in [5.74, 6) is 1.43. The van der Waals surface area contributed by atoms with Crippen LogP contribution in [0.1, 0.15) is 54.9 Å². The van der Waals surface area contributed by atoms with Gasteiger partial charge in [-0.15, -0.1) is 0 Å². The number of aryl methyl sites for hydroxylation is 2. The van der Waals surface area contributed by atoms with Crippen LogP contribution in [0.15, 0.2) is 72.9 Å². The maximum atomic E-state index is 13.3. The van der Waals surface area contributed by atoms with E-state index in [2.05, 4.69) is 72.8 Å². The van der Waals surface area contributed by atoms with Crippen LogP contribution in [0.4, 0.5) is 0 Å². The summed E-state index contributed by atoms with van der Waals surface area (Å²) in [7, 11) is 0. The Hall–Kier alpha value is -3.73. The van der Waals surface area contributed by atoms with E-state index in [1.165, 1.54) is 11.1 Å². The van der Waals surface area contributed by atoms with Gasteiger partial charge in [0.25, 0.3) is 0 Å². The van der Waals surface area contributed by atoms with Crippen molar-refractivity contribution in [2.75, 3.05) is 6.79 Å². The van der Waals surface area contributed by atoms with Crippen molar-refractivity contribution in [1.29, 1.82) is 0 Å². The fourth-order valence-electron chi connectivity index (χ4n) is 4.98. The van der Waals surface area contributed by atoms with E-state index in [0.717, 1.165) is 52.8 Å². The van der Waals surface area contributed by atoms with Gasteiger partial charge in [0.15, 0.2) is 11.5 Å². The maximum absolute atomic E-state index is 13.3. The first kappa shape index (κ1) is 23.0. The van der Waals surface area contributed by atoms with Gasteiger partial charge in [-0.2, -0.15) is 0 Å². The van der Waals surface area contributed by atoms with Crippen LogP contribution in [0.25, 0.3) is 10.9 Å². The molecule has 35 heavy (non-hydrogen) atoms. The second-order valence-electron chi connectivity index (χ2n) is 9.30. The van der Waals surface area contributed by atoms with Crippen molar-refractivity contribution >= 4 is 16.8 Å². The molecular weight excluding hydrogens is 436 g/mol. The van der Waals surface area contributed by atoms with Crippen molar-refractivity contribution < 1.29 is 14.3 Å². The molecular formula is C30H32N2O3. The van der Waals surface area contributed by atoms with E-state index in [1.54, 1.807) is 0 Å².